The summed E-state index contributed by atoms with van der Waals surface area (Å²) in [5.41, 5.74) is 5.56. The fraction of sp³-hybridized carbons (Fsp3) is 0.556. The van der Waals surface area contributed by atoms with Gasteiger partial charge in [0.15, 0.2) is 0 Å². The SMILES string of the molecule is CC[C@H](CN)Cc1ccco1. The van der Waals surface area contributed by atoms with Gasteiger partial charge in [0.25, 0.3) is 0 Å². The molecule has 1 aromatic heterocycles. The summed E-state index contributed by atoms with van der Waals surface area (Å²) >= 11 is 0. The number of furan rings is 1. The van der Waals surface area contributed by atoms with E-state index in [1.165, 1.54) is 0 Å². The second-order valence-corrected chi connectivity index (χ2v) is 2.79. The fourth-order valence-electron chi connectivity index (χ4n) is 1.11. The van der Waals surface area contributed by atoms with E-state index in [2.05, 4.69) is 6.92 Å². The second-order valence-electron chi connectivity index (χ2n) is 2.79. The molecule has 2 N–H and O–H groups in total. The molecule has 1 aromatic rings. The van der Waals surface area contributed by atoms with E-state index >= 15 is 0 Å². The zero-order valence-corrected chi connectivity index (χ0v) is 6.92. The Balaban J connectivity index is 2.41. The summed E-state index contributed by atoms with van der Waals surface area (Å²) in [5.74, 6) is 1.61. The Bertz CT molecular complexity index is 177. The van der Waals surface area contributed by atoms with Gasteiger partial charge in [-0.05, 0) is 24.6 Å². The Morgan fingerprint density at radius 2 is 2.45 bits per heavy atom. The van der Waals surface area contributed by atoms with Crippen molar-refractivity contribution in [3.8, 4) is 0 Å². The Morgan fingerprint density at radius 1 is 1.64 bits per heavy atom. The summed E-state index contributed by atoms with van der Waals surface area (Å²) in [4.78, 5) is 0. The van der Waals surface area contributed by atoms with E-state index in [1.54, 1.807) is 6.26 Å². The maximum absolute atomic E-state index is 5.56. The van der Waals surface area contributed by atoms with Crippen LogP contribution in [0.25, 0.3) is 0 Å². The Kier molecular flexibility index (Phi) is 3.17. The molecule has 0 fully saturated rings. The monoisotopic (exact) mass is 153 g/mol. The fourth-order valence-corrected chi connectivity index (χ4v) is 1.11. The minimum atomic E-state index is 0.571. The lowest BCUT2D eigenvalue weighted by Gasteiger charge is -2.08. The van der Waals surface area contributed by atoms with Gasteiger partial charge in [-0.2, -0.15) is 0 Å². The van der Waals surface area contributed by atoms with Crippen LogP contribution in [0.2, 0.25) is 0 Å². The van der Waals surface area contributed by atoms with Gasteiger partial charge < -0.3 is 10.2 Å². The molecule has 0 amide bonds. The van der Waals surface area contributed by atoms with Crippen molar-refractivity contribution in [2.24, 2.45) is 11.7 Å². The van der Waals surface area contributed by atoms with Crippen LogP contribution in [0.3, 0.4) is 0 Å². The molecule has 62 valence electrons. The van der Waals surface area contributed by atoms with Gasteiger partial charge in [0.1, 0.15) is 5.76 Å². The molecule has 0 saturated heterocycles. The lowest BCUT2D eigenvalue weighted by Crippen LogP contribution is -2.15. The molecule has 1 atom stereocenters. The number of nitrogens with two attached hydrogens (primary N) is 1. The van der Waals surface area contributed by atoms with Crippen LogP contribution in [0, 0.1) is 5.92 Å². The minimum Gasteiger partial charge on any atom is -0.469 e. The summed E-state index contributed by atoms with van der Waals surface area (Å²) in [7, 11) is 0. The Labute approximate surface area is 67.4 Å². The normalized spacial score (nSPS) is 13.3. The van der Waals surface area contributed by atoms with E-state index in [4.69, 9.17) is 10.2 Å². The van der Waals surface area contributed by atoms with Crippen molar-refractivity contribution in [1.29, 1.82) is 0 Å². The first kappa shape index (κ1) is 8.34. The molecule has 0 unspecified atom stereocenters. The summed E-state index contributed by atoms with van der Waals surface area (Å²) < 4.78 is 5.21. The molecule has 0 radical (unpaired) electrons. The molecule has 0 aromatic carbocycles. The van der Waals surface area contributed by atoms with Crippen LogP contribution in [0.1, 0.15) is 19.1 Å². The first-order valence-corrected chi connectivity index (χ1v) is 4.09. The molecule has 1 heterocycles. The van der Waals surface area contributed by atoms with Crippen molar-refractivity contribution >= 4 is 0 Å². The van der Waals surface area contributed by atoms with Crippen molar-refractivity contribution in [1.82, 2.24) is 0 Å². The van der Waals surface area contributed by atoms with Crippen molar-refractivity contribution in [3.63, 3.8) is 0 Å². The van der Waals surface area contributed by atoms with Gasteiger partial charge in [0.2, 0.25) is 0 Å². The highest BCUT2D eigenvalue weighted by Crippen LogP contribution is 2.10. The molecule has 0 spiro atoms. The van der Waals surface area contributed by atoms with E-state index in [0.29, 0.717) is 5.92 Å². The van der Waals surface area contributed by atoms with Crippen LogP contribution >= 0.6 is 0 Å². The molecule has 0 bridgehead atoms. The van der Waals surface area contributed by atoms with Gasteiger partial charge in [0, 0.05) is 6.42 Å². The smallest absolute Gasteiger partial charge is 0.104 e. The predicted molar refractivity (Wildman–Crippen MR) is 45.2 cm³/mol. The molecule has 0 aliphatic carbocycles. The lowest BCUT2D eigenvalue weighted by atomic mass is 10.0. The maximum atomic E-state index is 5.56. The molecule has 0 aliphatic rings. The van der Waals surface area contributed by atoms with Gasteiger partial charge in [-0.15, -0.1) is 0 Å². The number of hydrogen-bond donors (Lipinski definition) is 1. The van der Waals surface area contributed by atoms with Crippen molar-refractivity contribution in [2.75, 3.05) is 6.54 Å². The number of rotatable bonds is 4. The van der Waals surface area contributed by atoms with Crippen LogP contribution < -0.4 is 5.73 Å². The Hall–Kier alpha value is -0.760. The minimum absolute atomic E-state index is 0.571. The number of hydrogen-bond acceptors (Lipinski definition) is 2. The molecule has 2 nitrogen and oxygen atoms in total. The van der Waals surface area contributed by atoms with Crippen molar-refractivity contribution < 1.29 is 4.42 Å². The van der Waals surface area contributed by atoms with E-state index in [9.17, 15) is 0 Å². The third kappa shape index (κ3) is 2.39. The third-order valence-electron chi connectivity index (χ3n) is 1.98. The molecular weight excluding hydrogens is 138 g/mol. The average molecular weight is 153 g/mol. The topological polar surface area (TPSA) is 39.2 Å². The molecule has 0 aliphatic heterocycles. The van der Waals surface area contributed by atoms with Crippen LogP contribution in [-0.2, 0) is 6.42 Å². The molecule has 1 rings (SSSR count). The van der Waals surface area contributed by atoms with Crippen molar-refractivity contribution in [3.05, 3.63) is 24.2 Å². The van der Waals surface area contributed by atoms with Gasteiger partial charge in [0.05, 0.1) is 6.26 Å². The molecule has 11 heavy (non-hydrogen) atoms. The first-order valence-electron chi connectivity index (χ1n) is 4.09. The summed E-state index contributed by atoms with van der Waals surface area (Å²) in [6.07, 6.45) is 3.80. The van der Waals surface area contributed by atoms with Crippen molar-refractivity contribution in [2.45, 2.75) is 19.8 Å². The zero-order chi connectivity index (χ0) is 8.10. The van der Waals surface area contributed by atoms with Gasteiger partial charge in [-0.1, -0.05) is 13.3 Å². The van der Waals surface area contributed by atoms with Crippen LogP contribution in [0.15, 0.2) is 22.8 Å². The highest BCUT2D eigenvalue weighted by Gasteiger charge is 2.05. The standard InChI is InChI=1S/C9H15NO/c1-2-8(7-10)6-9-4-3-5-11-9/h3-5,8H,2,6-7,10H2,1H3/t8-/m0/s1. The quantitative estimate of drug-likeness (QED) is 0.716. The van der Waals surface area contributed by atoms with E-state index in [0.717, 1.165) is 25.1 Å². The second kappa shape index (κ2) is 4.19. The molecular formula is C9H15NO. The summed E-state index contributed by atoms with van der Waals surface area (Å²) in [6, 6.07) is 3.91. The first-order chi connectivity index (χ1) is 5.36. The van der Waals surface area contributed by atoms with Crippen LogP contribution in [0.4, 0.5) is 0 Å². The maximum Gasteiger partial charge on any atom is 0.104 e. The largest absolute Gasteiger partial charge is 0.469 e. The average Bonchev–Trinajstić information content (AvgIpc) is 2.52. The predicted octanol–water partition coefficient (Wildman–Crippen LogP) is 1.81. The summed E-state index contributed by atoms with van der Waals surface area (Å²) in [5, 5.41) is 0. The van der Waals surface area contributed by atoms with Gasteiger partial charge >= 0.3 is 0 Å². The highest BCUT2D eigenvalue weighted by molar-refractivity contribution is 4.99. The van der Waals surface area contributed by atoms with Crippen LogP contribution in [-0.4, -0.2) is 6.54 Å². The lowest BCUT2D eigenvalue weighted by molar-refractivity contribution is 0.434. The van der Waals surface area contributed by atoms with Gasteiger partial charge in [-0.25, -0.2) is 0 Å². The van der Waals surface area contributed by atoms with Crippen LogP contribution in [0.5, 0.6) is 0 Å². The molecule has 0 saturated carbocycles. The van der Waals surface area contributed by atoms with Gasteiger partial charge in [-0.3, -0.25) is 0 Å². The zero-order valence-electron chi connectivity index (χ0n) is 6.92. The Morgan fingerprint density at radius 3 is 2.91 bits per heavy atom. The molecule has 2 heteroatoms. The van der Waals surface area contributed by atoms with E-state index < -0.39 is 0 Å². The third-order valence-corrected chi connectivity index (χ3v) is 1.98. The highest BCUT2D eigenvalue weighted by atomic mass is 16.3. The van der Waals surface area contributed by atoms with E-state index in [-0.39, 0.29) is 0 Å². The summed E-state index contributed by atoms with van der Waals surface area (Å²) in [6.45, 7) is 2.90. The van der Waals surface area contributed by atoms with E-state index in [1.807, 2.05) is 12.1 Å².